The Balaban J connectivity index is 2.92. The van der Waals surface area contributed by atoms with E-state index in [2.05, 4.69) is 14.1 Å². The van der Waals surface area contributed by atoms with Crippen molar-refractivity contribution in [3.05, 3.63) is 24.3 Å². The molecule has 1 rings (SSSR count). The Morgan fingerprint density at radius 1 is 1.23 bits per heavy atom. The van der Waals surface area contributed by atoms with Crippen molar-refractivity contribution < 1.29 is 4.74 Å². The molecule has 0 saturated carbocycles. The summed E-state index contributed by atoms with van der Waals surface area (Å²) >= 11 is 5.87. The van der Waals surface area contributed by atoms with E-state index >= 15 is 0 Å². The molecule has 1 unspecified atom stereocenters. The summed E-state index contributed by atoms with van der Waals surface area (Å²) in [4.78, 5) is 0. The molecular formula is C9H14ClNOP+. The minimum Gasteiger partial charge on any atom is -0.497 e. The van der Waals surface area contributed by atoms with Gasteiger partial charge in [0.25, 0.3) is 0 Å². The first-order valence-electron chi connectivity index (χ1n) is 3.96. The molecule has 0 fully saturated rings. The molecule has 0 amide bonds. The molecule has 0 saturated heterocycles. The van der Waals surface area contributed by atoms with Crippen LogP contribution in [0.3, 0.4) is 0 Å². The summed E-state index contributed by atoms with van der Waals surface area (Å²) < 4.78 is 5.78. The van der Waals surface area contributed by atoms with Gasteiger partial charge in [-0.15, -0.1) is 0 Å². The van der Waals surface area contributed by atoms with Gasteiger partial charge in [-0.1, -0.05) is 0 Å². The Kier molecular flexibility index (Phi) is 3.55. The molecule has 0 heterocycles. The number of methoxy groups -OCH3 is 1. The molecule has 0 aromatic heterocycles. The molecule has 0 radical (unpaired) electrons. The van der Waals surface area contributed by atoms with E-state index in [0.717, 1.165) is 5.75 Å². The molecule has 0 N–H and O–H groups in total. The normalized spacial score (nSPS) is 12.3. The summed E-state index contributed by atoms with van der Waals surface area (Å²) in [6, 6.07) is 7.97. The van der Waals surface area contributed by atoms with E-state index in [9.17, 15) is 0 Å². The highest BCUT2D eigenvalue weighted by molar-refractivity contribution is 7.68. The Bertz CT molecular complexity index is 273. The predicted molar refractivity (Wildman–Crippen MR) is 60.8 cm³/mol. The van der Waals surface area contributed by atoms with Crippen LogP contribution in [0.4, 0.5) is 5.69 Å². The number of halogens is 1. The Labute approximate surface area is 85.7 Å². The van der Waals surface area contributed by atoms with Crippen molar-refractivity contribution in [3.63, 3.8) is 0 Å². The summed E-state index contributed by atoms with van der Waals surface area (Å²) in [6.45, 7) is 0. The molecule has 1 aromatic carbocycles. The van der Waals surface area contributed by atoms with Gasteiger partial charge in [0.2, 0.25) is 0 Å². The van der Waals surface area contributed by atoms with E-state index in [1.54, 1.807) is 7.11 Å². The summed E-state index contributed by atoms with van der Waals surface area (Å²) in [5, 5.41) is 0. The largest absolute Gasteiger partial charge is 0.497 e. The second-order valence-corrected chi connectivity index (χ2v) is 5.03. The van der Waals surface area contributed by atoms with Gasteiger partial charge in [0.1, 0.15) is 11.4 Å². The number of quaternary nitrogens is 1. The van der Waals surface area contributed by atoms with Gasteiger partial charge < -0.3 is 4.74 Å². The molecule has 0 aliphatic carbocycles. The lowest BCUT2D eigenvalue weighted by atomic mass is 10.3. The minimum absolute atomic E-state index is 0.328. The lowest BCUT2D eigenvalue weighted by molar-refractivity contribution is 0.414. The van der Waals surface area contributed by atoms with Gasteiger partial charge in [0.15, 0.2) is 8.08 Å². The summed E-state index contributed by atoms with van der Waals surface area (Å²) in [5.74, 6) is 0.877. The highest BCUT2D eigenvalue weighted by atomic mass is 35.7. The van der Waals surface area contributed by atoms with Crippen molar-refractivity contribution in [2.24, 2.45) is 0 Å². The van der Waals surface area contributed by atoms with Crippen molar-refractivity contribution in [3.8, 4) is 5.75 Å². The third-order valence-electron chi connectivity index (χ3n) is 1.93. The highest BCUT2D eigenvalue weighted by Gasteiger charge is 2.17. The van der Waals surface area contributed by atoms with Gasteiger partial charge in [-0.2, -0.15) is 0 Å². The summed E-state index contributed by atoms with van der Waals surface area (Å²) in [5.41, 5.74) is 1.19. The van der Waals surface area contributed by atoms with Crippen LogP contribution >= 0.6 is 19.3 Å². The van der Waals surface area contributed by atoms with Gasteiger partial charge >= 0.3 is 0 Å². The van der Waals surface area contributed by atoms with Gasteiger partial charge in [0, 0.05) is 12.1 Å². The van der Waals surface area contributed by atoms with E-state index in [1.165, 1.54) is 5.69 Å². The maximum absolute atomic E-state index is 5.87. The molecule has 0 aliphatic rings. The van der Waals surface area contributed by atoms with Crippen LogP contribution < -0.4 is 8.99 Å². The number of hydrogen-bond acceptors (Lipinski definition) is 1. The first-order valence-corrected chi connectivity index (χ1v) is 5.92. The van der Waals surface area contributed by atoms with Crippen LogP contribution in [0.2, 0.25) is 0 Å². The summed E-state index contributed by atoms with van der Waals surface area (Å²) in [7, 11) is 6.15. The van der Waals surface area contributed by atoms with Gasteiger partial charge in [-0.3, -0.25) is 4.25 Å². The van der Waals surface area contributed by atoms with Crippen molar-refractivity contribution >= 4 is 25.0 Å². The van der Waals surface area contributed by atoms with Gasteiger partial charge in [0.05, 0.1) is 21.2 Å². The molecule has 0 spiro atoms. The van der Waals surface area contributed by atoms with Crippen LogP contribution in [0.1, 0.15) is 0 Å². The number of ether oxygens (including phenoxy) is 1. The molecule has 2 nitrogen and oxygen atoms in total. The van der Waals surface area contributed by atoms with E-state index < -0.39 is 0 Å². The first-order chi connectivity index (χ1) is 6.10. The highest BCUT2D eigenvalue weighted by Crippen LogP contribution is 2.36. The zero-order chi connectivity index (χ0) is 9.90. The van der Waals surface area contributed by atoms with Gasteiger partial charge in [-0.25, -0.2) is 0 Å². The smallest absolute Gasteiger partial charge is 0.193 e. The third-order valence-corrected chi connectivity index (χ3v) is 3.88. The molecule has 1 aromatic rings. The quantitative estimate of drug-likeness (QED) is 0.709. The maximum atomic E-state index is 5.87. The molecule has 4 heteroatoms. The number of rotatable bonds is 3. The molecule has 13 heavy (non-hydrogen) atoms. The zero-order valence-corrected chi connectivity index (χ0v) is 9.80. The monoisotopic (exact) mass is 218 g/mol. The SMILES string of the molecule is COc1ccc([N+](C)(C)PCl)cc1. The topological polar surface area (TPSA) is 9.23 Å². The van der Waals surface area contributed by atoms with Gasteiger partial charge in [-0.05, 0) is 23.4 Å². The molecule has 72 valence electrons. The second-order valence-electron chi connectivity index (χ2n) is 3.24. The van der Waals surface area contributed by atoms with Crippen LogP contribution in [0.25, 0.3) is 0 Å². The lowest BCUT2D eigenvalue weighted by Crippen LogP contribution is -2.28. The van der Waals surface area contributed by atoms with Crippen LogP contribution in [-0.4, -0.2) is 21.2 Å². The van der Waals surface area contributed by atoms with Crippen molar-refractivity contribution in [1.29, 1.82) is 0 Å². The predicted octanol–water partition coefficient (Wildman–Crippen LogP) is 3.01. The van der Waals surface area contributed by atoms with E-state index in [1.807, 2.05) is 24.3 Å². The molecular weight excluding hydrogens is 205 g/mol. The van der Waals surface area contributed by atoms with Crippen LogP contribution in [0.5, 0.6) is 5.75 Å². The molecule has 1 atom stereocenters. The van der Waals surface area contributed by atoms with Crippen molar-refractivity contribution in [2.45, 2.75) is 0 Å². The number of benzene rings is 1. The van der Waals surface area contributed by atoms with E-state index in [-0.39, 0.29) is 0 Å². The molecule has 0 bridgehead atoms. The van der Waals surface area contributed by atoms with Crippen molar-refractivity contribution in [1.82, 2.24) is 4.25 Å². The Morgan fingerprint density at radius 3 is 2.15 bits per heavy atom. The molecule has 0 aliphatic heterocycles. The standard InChI is InChI=1S/C9H14ClNOP/c1-11(2,13-10)8-4-6-9(12-3)7-5-8/h4-7,13H,1-3H3/q+1. The van der Waals surface area contributed by atoms with Crippen molar-refractivity contribution in [2.75, 3.05) is 21.2 Å². The average Bonchev–Trinajstić information content (AvgIpc) is 2.18. The third kappa shape index (κ3) is 2.57. The van der Waals surface area contributed by atoms with Crippen LogP contribution in [0.15, 0.2) is 24.3 Å². The fourth-order valence-electron chi connectivity index (χ4n) is 1.00. The summed E-state index contributed by atoms with van der Waals surface area (Å²) in [6.07, 6.45) is 0. The fraction of sp³-hybridized carbons (Fsp3) is 0.333. The minimum atomic E-state index is 0.328. The first kappa shape index (κ1) is 10.8. The maximum Gasteiger partial charge on any atom is 0.193 e. The number of hydrogen-bond donors (Lipinski definition) is 0. The fourth-order valence-corrected chi connectivity index (χ4v) is 1.54. The van der Waals surface area contributed by atoms with E-state index in [0.29, 0.717) is 12.3 Å². The second kappa shape index (κ2) is 4.28. The number of nitrogens with zero attached hydrogens (tertiary/aromatic N) is 1. The van der Waals surface area contributed by atoms with Crippen LogP contribution in [-0.2, 0) is 0 Å². The van der Waals surface area contributed by atoms with E-state index in [4.69, 9.17) is 16.0 Å². The lowest BCUT2D eigenvalue weighted by Gasteiger charge is -2.25. The van der Waals surface area contributed by atoms with Crippen LogP contribution in [0, 0.1) is 0 Å². The average molecular weight is 219 g/mol. The Morgan fingerprint density at radius 2 is 1.77 bits per heavy atom. The zero-order valence-electron chi connectivity index (χ0n) is 8.04. The Hall–Kier alpha value is -0.300.